The van der Waals surface area contributed by atoms with Gasteiger partial charge >= 0.3 is 5.97 Å². The second-order valence-electron chi connectivity index (χ2n) is 7.36. The van der Waals surface area contributed by atoms with Crippen LogP contribution in [-0.4, -0.2) is 41.3 Å². The molecule has 0 aromatic heterocycles. The Kier molecular flexibility index (Phi) is 7.73. The van der Waals surface area contributed by atoms with Crippen molar-refractivity contribution in [2.45, 2.75) is 30.9 Å². The fraction of sp³-hybridized carbons (Fsp3) is 0.304. The zero-order chi connectivity index (χ0) is 22.4. The average molecular weight is 464 g/mol. The number of carboxylic acids is 1. The van der Waals surface area contributed by atoms with Crippen molar-refractivity contribution >= 4 is 41.2 Å². The van der Waals surface area contributed by atoms with Crippen LogP contribution in [0.2, 0.25) is 10.0 Å². The van der Waals surface area contributed by atoms with Crippen molar-refractivity contribution in [3.05, 3.63) is 75.3 Å². The Bertz CT molecular complexity index is 948. The number of carbonyl (C=O) groups is 2. The highest BCUT2D eigenvalue weighted by Gasteiger charge is 2.31. The van der Waals surface area contributed by atoms with Gasteiger partial charge in [-0.15, -0.1) is 0 Å². The lowest BCUT2D eigenvalue weighted by Gasteiger charge is -2.32. The molecule has 3 N–H and O–H groups in total. The van der Waals surface area contributed by atoms with Gasteiger partial charge in [0.05, 0.1) is 21.2 Å². The fourth-order valence-electron chi connectivity index (χ4n) is 3.41. The molecule has 6 nitrogen and oxygen atoms in total. The molecule has 0 radical (unpaired) electrons. The summed E-state index contributed by atoms with van der Waals surface area (Å²) in [6.45, 7) is 1.06. The minimum atomic E-state index is -1.17. The summed E-state index contributed by atoms with van der Waals surface area (Å²) >= 11 is 12.0. The first-order valence-corrected chi connectivity index (χ1v) is 10.6. The van der Waals surface area contributed by atoms with Crippen molar-refractivity contribution in [2.75, 3.05) is 13.2 Å². The van der Waals surface area contributed by atoms with Crippen LogP contribution in [0.4, 0.5) is 0 Å². The van der Waals surface area contributed by atoms with E-state index in [4.69, 9.17) is 27.9 Å². The maximum Gasteiger partial charge on any atom is 0.326 e. The Hall–Kier alpha value is -2.38. The van der Waals surface area contributed by atoms with Crippen LogP contribution < -0.4 is 5.32 Å². The number of carbonyl (C=O) groups excluding carboxylic acids is 1. The monoisotopic (exact) mass is 463 g/mol. The normalized spacial score (nSPS) is 16.7. The summed E-state index contributed by atoms with van der Waals surface area (Å²) in [4.78, 5) is 24.0. The van der Waals surface area contributed by atoms with Gasteiger partial charge in [-0.3, -0.25) is 4.79 Å². The lowest BCUT2D eigenvalue weighted by Crippen LogP contribution is -2.40. The fourth-order valence-corrected chi connectivity index (χ4v) is 3.98. The molecular formula is C23H23Cl2NO5. The van der Waals surface area contributed by atoms with Crippen LogP contribution in [-0.2, 0) is 15.1 Å². The molecule has 2 aromatic carbocycles. The van der Waals surface area contributed by atoms with E-state index < -0.39 is 23.5 Å². The molecule has 8 heteroatoms. The van der Waals surface area contributed by atoms with Crippen LogP contribution in [0.5, 0.6) is 0 Å². The molecule has 0 spiro atoms. The van der Waals surface area contributed by atoms with Crippen LogP contribution in [0.3, 0.4) is 0 Å². The minimum absolute atomic E-state index is 0.0442. The number of carboxylic acid groups (broad SMARTS) is 1. The summed E-state index contributed by atoms with van der Waals surface area (Å²) in [6.07, 6.45) is 4.62. The average Bonchev–Trinajstić information content (AvgIpc) is 2.74. The van der Waals surface area contributed by atoms with E-state index in [0.717, 1.165) is 11.1 Å². The summed E-state index contributed by atoms with van der Waals surface area (Å²) in [5.74, 6) is -1.82. The molecule has 1 saturated heterocycles. The van der Waals surface area contributed by atoms with Crippen molar-refractivity contribution in [3.8, 4) is 0 Å². The molecule has 164 valence electrons. The molecule has 1 amide bonds. The molecular weight excluding hydrogens is 441 g/mol. The quantitative estimate of drug-likeness (QED) is 0.569. The smallest absolute Gasteiger partial charge is 0.326 e. The number of hydrogen-bond donors (Lipinski definition) is 3. The molecule has 1 fully saturated rings. The van der Waals surface area contributed by atoms with E-state index in [-0.39, 0.29) is 22.0 Å². The predicted molar refractivity (Wildman–Crippen MR) is 119 cm³/mol. The number of ether oxygens (including phenoxy) is 1. The second-order valence-corrected chi connectivity index (χ2v) is 8.18. The van der Waals surface area contributed by atoms with Gasteiger partial charge in [0.1, 0.15) is 6.04 Å². The highest BCUT2D eigenvalue weighted by atomic mass is 35.5. The Morgan fingerprint density at radius 1 is 1.10 bits per heavy atom. The third kappa shape index (κ3) is 5.86. The highest BCUT2D eigenvalue weighted by molar-refractivity contribution is 6.39. The van der Waals surface area contributed by atoms with Gasteiger partial charge in [-0.2, -0.15) is 0 Å². The Morgan fingerprint density at radius 3 is 2.29 bits per heavy atom. The van der Waals surface area contributed by atoms with Gasteiger partial charge < -0.3 is 20.3 Å². The molecule has 1 aliphatic rings. The number of halogens is 2. The molecule has 1 aliphatic heterocycles. The Labute approximate surface area is 190 Å². The van der Waals surface area contributed by atoms with Gasteiger partial charge in [-0.05, 0) is 29.7 Å². The zero-order valence-electron chi connectivity index (χ0n) is 16.7. The van der Waals surface area contributed by atoms with E-state index in [9.17, 15) is 19.8 Å². The second kappa shape index (κ2) is 10.3. The first kappa shape index (κ1) is 23.3. The van der Waals surface area contributed by atoms with E-state index in [1.54, 1.807) is 18.2 Å². The lowest BCUT2D eigenvalue weighted by molar-refractivity contribution is -0.139. The maximum absolute atomic E-state index is 12.5. The van der Waals surface area contributed by atoms with E-state index in [2.05, 4.69) is 5.32 Å². The van der Waals surface area contributed by atoms with Crippen molar-refractivity contribution in [1.82, 2.24) is 5.32 Å². The van der Waals surface area contributed by atoms with Crippen LogP contribution in [0, 0.1) is 0 Å². The van der Waals surface area contributed by atoms with E-state index >= 15 is 0 Å². The first-order valence-electron chi connectivity index (χ1n) is 9.85. The summed E-state index contributed by atoms with van der Waals surface area (Å²) in [6, 6.07) is 10.9. The zero-order valence-corrected chi connectivity index (χ0v) is 18.2. The van der Waals surface area contributed by atoms with Crippen LogP contribution in [0.15, 0.2) is 48.5 Å². The van der Waals surface area contributed by atoms with Crippen LogP contribution >= 0.6 is 23.2 Å². The van der Waals surface area contributed by atoms with E-state index in [0.29, 0.717) is 26.1 Å². The van der Waals surface area contributed by atoms with Crippen molar-refractivity contribution in [3.63, 3.8) is 0 Å². The number of amides is 1. The topological polar surface area (TPSA) is 95.9 Å². The lowest BCUT2D eigenvalue weighted by atomic mass is 9.86. The van der Waals surface area contributed by atoms with Gasteiger partial charge in [-0.25, -0.2) is 4.79 Å². The molecule has 0 aliphatic carbocycles. The predicted octanol–water partition coefficient (Wildman–Crippen LogP) is 4.28. The SMILES string of the molecule is O=C(NC(C/C=C/c1ccc(C2(O)CCOCC2)cc1)C(=O)O)c1c(Cl)cccc1Cl. The van der Waals surface area contributed by atoms with Crippen molar-refractivity contribution < 1.29 is 24.5 Å². The summed E-state index contributed by atoms with van der Waals surface area (Å²) in [7, 11) is 0. The molecule has 1 atom stereocenters. The molecule has 1 unspecified atom stereocenters. The Morgan fingerprint density at radius 2 is 1.71 bits per heavy atom. The number of aliphatic hydroxyl groups is 1. The van der Waals surface area contributed by atoms with Gasteiger partial charge in [0.25, 0.3) is 5.91 Å². The van der Waals surface area contributed by atoms with Gasteiger partial charge in [-0.1, -0.05) is 65.7 Å². The highest BCUT2D eigenvalue weighted by Crippen LogP contribution is 2.32. The van der Waals surface area contributed by atoms with Crippen molar-refractivity contribution in [1.29, 1.82) is 0 Å². The molecule has 0 bridgehead atoms. The van der Waals surface area contributed by atoms with Gasteiger partial charge in [0, 0.05) is 26.1 Å². The summed E-state index contributed by atoms with van der Waals surface area (Å²) in [5.41, 5.74) is 0.853. The van der Waals surface area contributed by atoms with Crippen molar-refractivity contribution in [2.24, 2.45) is 0 Å². The van der Waals surface area contributed by atoms with Crippen LogP contribution in [0.25, 0.3) is 6.08 Å². The van der Waals surface area contributed by atoms with Gasteiger partial charge in [0.15, 0.2) is 0 Å². The van der Waals surface area contributed by atoms with E-state index in [1.807, 2.05) is 24.3 Å². The molecule has 2 aromatic rings. The number of aliphatic carboxylic acids is 1. The number of benzene rings is 2. The summed E-state index contributed by atoms with van der Waals surface area (Å²) in [5, 5.41) is 23.0. The molecule has 31 heavy (non-hydrogen) atoms. The van der Waals surface area contributed by atoms with Crippen LogP contribution in [0.1, 0.15) is 40.7 Å². The van der Waals surface area contributed by atoms with E-state index in [1.165, 1.54) is 12.1 Å². The number of nitrogens with one attached hydrogen (secondary N) is 1. The third-order valence-corrected chi connectivity index (χ3v) is 5.87. The molecule has 3 rings (SSSR count). The largest absolute Gasteiger partial charge is 0.480 e. The first-order chi connectivity index (χ1) is 14.8. The maximum atomic E-state index is 12.5. The third-order valence-electron chi connectivity index (χ3n) is 5.24. The minimum Gasteiger partial charge on any atom is -0.480 e. The molecule has 1 heterocycles. The van der Waals surface area contributed by atoms with Gasteiger partial charge in [0.2, 0.25) is 0 Å². The standard InChI is InChI=1S/C23H23Cl2NO5/c24-17-4-2-5-18(25)20(17)21(27)26-19(22(28)29)6-1-3-15-7-9-16(10-8-15)23(30)11-13-31-14-12-23/h1-5,7-10,19,30H,6,11-14H2,(H,26,27)(H,28,29)/b3-1+. The Balaban J connectivity index is 1.63. The summed E-state index contributed by atoms with van der Waals surface area (Å²) < 4.78 is 5.31. The number of hydrogen-bond acceptors (Lipinski definition) is 4. The molecule has 0 saturated carbocycles. The number of rotatable bonds is 7.